The fourth-order valence-corrected chi connectivity index (χ4v) is 2.34. The van der Waals surface area contributed by atoms with Gasteiger partial charge in [-0.15, -0.1) is 0 Å². The molecule has 0 unspecified atom stereocenters. The van der Waals surface area contributed by atoms with Gasteiger partial charge in [0, 0.05) is 5.56 Å². The first-order chi connectivity index (χ1) is 9.75. The largest absolute Gasteiger partial charge is 0.506 e. The van der Waals surface area contributed by atoms with Crippen LogP contribution in [-0.4, -0.2) is 10.2 Å². The van der Waals surface area contributed by atoms with Gasteiger partial charge in [-0.2, -0.15) is 13.2 Å². The lowest BCUT2D eigenvalue weighted by Crippen LogP contribution is -2.06. The summed E-state index contributed by atoms with van der Waals surface area (Å²) >= 11 is 11.3. The molecule has 2 nitrogen and oxygen atoms in total. The first-order valence-electron chi connectivity index (χ1n) is 5.74. The van der Waals surface area contributed by atoms with Gasteiger partial charge in [0.1, 0.15) is 5.75 Å². The highest BCUT2D eigenvalue weighted by Crippen LogP contribution is 2.42. The molecule has 2 rings (SSSR count). The van der Waals surface area contributed by atoms with Gasteiger partial charge in [0.05, 0.1) is 22.2 Å². The Kier molecular flexibility index (Phi) is 4.37. The number of phenols is 1. The molecule has 2 aromatic carbocycles. The minimum atomic E-state index is -4.62. The lowest BCUT2D eigenvalue weighted by atomic mass is 9.97. The Bertz CT molecular complexity index is 685. The number of aliphatic hydroxyl groups is 1. The Hall–Kier alpha value is -1.43. The van der Waals surface area contributed by atoms with E-state index in [2.05, 4.69) is 0 Å². The third kappa shape index (κ3) is 3.10. The lowest BCUT2D eigenvalue weighted by Gasteiger charge is -2.14. The first-order valence-corrected chi connectivity index (χ1v) is 6.49. The maximum Gasteiger partial charge on any atom is 0.417 e. The fourth-order valence-electron chi connectivity index (χ4n) is 1.96. The standard InChI is InChI=1S/C14H9Cl2F3O2/c15-10-3-1-7(5-9(10)14(17,18)19)12-8(6-20)2-4-11(16)13(12)21/h1-5,20-21H,6H2. The maximum absolute atomic E-state index is 12.9. The van der Waals surface area contributed by atoms with Crippen LogP contribution in [0.5, 0.6) is 5.75 Å². The lowest BCUT2D eigenvalue weighted by molar-refractivity contribution is -0.137. The quantitative estimate of drug-likeness (QED) is 0.820. The molecule has 0 spiro atoms. The van der Waals surface area contributed by atoms with Gasteiger partial charge < -0.3 is 10.2 Å². The summed E-state index contributed by atoms with van der Waals surface area (Å²) in [5, 5.41) is 18.8. The van der Waals surface area contributed by atoms with E-state index in [9.17, 15) is 23.4 Å². The zero-order valence-electron chi connectivity index (χ0n) is 10.4. The van der Waals surface area contributed by atoms with Crippen molar-refractivity contribution in [3.63, 3.8) is 0 Å². The molecule has 0 fully saturated rings. The number of rotatable bonds is 2. The van der Waals surface area contributed by atoms with Gasteiger partial charge in [0.15, 0.2) is 0 Å². The highest BCUT2D eigenvalue weighted by Gasteiger charge is 2.33. The molecule has 0 aliphatic carbocycles. The number of benzene rings is 2. The van der Waals surface area contributed by atoms with Gasteiger partial charge in [0.25, 0.3) is 0 Å². The number of hydrogen-bond donors (Lipinski definition) is 2. The van der Waals surface area contributed by atoms with Gasteiger partial charge in [-0.25, -0.2) is 0 Å². The van der Waals surface area contributed by atoms with E-state index in [0.717, 1.165) is 12.1 Å². The van der Waals surface area contributed by atoms with Gasteiger partial charge in [-0.05, 0) is 29.3 Å². The molecule has 21 heavy (non-hydrogen) atoms. The second-order valence-electron chi connectivity index (χ2n) is 4.28. The highest BCUT2D eigenvalue weighted by atomic mass is 35.5. The van der Waals surface area contributed by atoms with Crippen molar-refractivity contribution in [3.05, 3.63) is 51.5 Å². The molecule has 0 bridgehead atoms. The molecule has 0 saturated carbocycles. The van der Waals surface area contributed by atoms with E-state index < -0.39 is 29.1 Å². The molecule has 0 aromatic heterocycles. The maximum atomic E-state index is 12.9. The summed E-state index contributed by atoms with van der Waals surface area (Å²) in [5.74, 6) is -0.390. The Morgan fingerprint density at radius 1 is 1.00 bits per heavy atom. The van der Waals surface area contributed by atoms with Crippen LogP contribution in [0.3, 0.4) is 0 Å². The summed E-state index contributed by atoms with van der Waals surface area (Å²) in [4.78, 5) is 0. The SMILES string of the molecule is OCc1ccc(Cl)c(O)c1-c1ccc(Cl)c(C(F)(F)F)c1. The molecule has 0 saturated heterocycles. The number of aromatic hydroxyl groups is 1. The summed E-state index contributed by atoms with van der Waals surface area (Å²) < 4.78 is 38.7. The zero-order valence-corrected chi connectivity index (χ0v) is 11.9. The molecule has 7 heteroatoms. The summed E-state index contributed by atoms with van der Waals surface area (Å²) in [6, 6.07) is 6.00. The van der Waals surface area contributed by atoms with Crippen LogP contribution in [0.2, 0.25) is 10.0 Å². The van der Waals surface area contributed by atoms with Crippen LogP contribution in [0.1, 0.15) is 11.1 Å². The van der Waals surface area contributed by atoms with Crippen molar-refractivity contribution >= 4 is 23.2 Å². The molecular weight excluding hydrogens is 328 g/mol. The molecule has 0 aliphatic rings. The van der Waals surface area contributed by atoms with E-state index >= 15 is 0 Å². The Morgan fingerprint density at radius 2 is 1.62 bits per heavy atom. The Labute approximate surface area is 128 Å². The molecule has 0 radical (unpaired) electrons. The summed E-state index contributed by atoms with van der Waals surface area (Å²) in [6.07, 6.45) is -4.62. The monoisotopic (exact) mass is 336 g/mol. The molecule has 0 aliphatic heterocycles. The minimum absolute atomic E-state index is 0.0225. The second-order valence-corrected chi connectivity index (χ2v) is 5.10. The topological polar surface area (TPSA) is 40.5 Å². The van der Waals surface area contributed by atoms with Crippen LogP contribution >= 0.6 is 23.2 Å². The van der Waals surface area contributed by atoms with Gasteiger partial charge >= 0.3 is 6.18 Å². The van der Waals surface area contributed by atoms with Crippen LogP contribution in [0.4, 0.5) is 13.2 Å². The number of alkyl halides is 3. The molecule has 0 heterocycles. The molecule has 0 atom stereocenters. The molecule has 112 valence electrons. The molecular formula is C14H9Cl2F3O2. The summed E-state index contributed by atoms with van der Waals surface area (Å²) in [7, 11) is 0. The van der Waals surface area contributed by atoms with Gasteiger partial charge in [0.2, 0.25) is 0 Å². The Morgan fingerprint density at radius 3 is 2.19 bits per heavy atom. The van der Waals surface area contributed by atoms with Crippen LogP contribution < -0.4 is 0 Å². The summed E-state index contributed by atoms with van der Waals surface area (Å²) in [6.45, 7) is -0.454. The third-order valence-corrected chi connectivity index (χ3v) is 3.58. The smallest absolute Gasteiger partial charge is 0.417 e. The Balaban J connectivity index is 2.71. The van der Waals surface area contributed by atoms with Crippen molar-refractivity contribution in [2.45, 2.75) is 12.8 Å². The number of hydrogen-bond acceptors (Lipinski definition) is 2. The highest BCUT2D eigenvalue weighted by molar-refractivity contribution is 6.32. The van der Waals surface area contributed by atoms with Crippen molar-refractivity contribution in [1.82, 2.24) is 0 Å². The van der Waals surface area contributed by atoms with Crippen molar-refractivity contribution in [2.24, 2.45) is 0 Å². The van der Waals surface area contributed by atoms with Gasteiger partial charge in [-0.3, -0.25) is 0 Å². The molecule has 0 amide bonds. The van der Waals surface area contributed by atoms with E-state index in [1.807, 2.05) is 0 Å². The minimum Gasteiger partial charge on any atom is -0.506 e. The van der Waals surface area contributed by atoms with E-state index in [0.29, 0.717) is 0 Å². The zero-order chi connectivity index (χ0) is 15.8. The molecule has 2 N–H and O–H groups in total. The van der Waals surface area contributed by atoms with Crippen molar-refractivity contribution in [3.8, 4) is 16.9 Å². The van der Waals surface area contributed by atoms with E-state index in [4.69, 9.17) is 23.2 Å². The van der Waals surface area contributed by atoms with Crippen LogP contribution in [0, 0.1) is 0 Å². The number of phenolic OH excluding ortho intramolecular Hbond substituents is 1. The van der Waals surface area contributed by atoms with E-state index in [1.54, 1.807) is 0 Å². The average molecular weight is 337 g/mol. The van der Waals surface area contributed by atoms with Crippen molar-refractivity contribution < 1.29 is 23.4 Å². The molecule has 2 aromatic rings. The second kappa shape index (κ2) is 5.75. The summed E-state index contributed by atoms with van der Waals surface area (Å²) in [5.41, 5.74) is -0.653. The third-order valence-electron chi connectivity index (χ3n) is 2.95. The number of aliphatic hydroxyl groups excluding tert-OH is 1. The predicted octanol–water partition coefficient (Wildman–Crippen LogP) is 4.88. The van der Waals surface area contributed by atoms with Gasteiger partial charge in [-0.1, -0.05) is 35.3 Å². The number of halogens is 5. The first kappa shape index (κ1) is 15.9. The van der Waals surface area contributed by atoms with Crippen LogP contribution in [-0.2, 0) is 12.8 Å². The van der Waals surface area contributed by atoms with Crippen LogP contribution in [0.25, 0.3) is 11.1 Å². The van der Waals surface area contributed by atoms with Crippen molar-refractivity contribution in [2.75, 3.05) is 0 Å². The fraction of sp³-hybridized carbons (Fsp3) is 0.143. The van der Waals surface area contributed by atoms with Crippen LogP contribution in [0.15, 0.2) is 30.3 Å². The average Bonchev–Trinajstić information content (AvgIpc) is 2.41. The van der Waals surface area contributed by atoms with Crippen molar-refractivity contribution in [1.29, 1.82) is 0 Å². The predicted molar refractivity (Wildman–Crippen MR) is 74.5 cm³/mol. The normalized spacial score (nSPS) is 11.7. The van der Waals surface area contributed by atoms with E-state index in [1.165, 1.54) is 18.2 Å². The van der Waals surface area contributed by atoms with E-state index in [-0.39, 0.29) is 21.7 Å².